The highest BCUT2D eigenvalue weighted by molar-refractivity contribution is 6.30. The second-order valence-corrected chi connectivity index (χ2v) is 5.89. The lowest BCUT2D eigenvalue weighted by Gasteiger charge is -2.07. The average molecular weight is 341 g/mol. The number of rotatable bonds is 5. The van der Waals surface area contributed by atoms with Crippen LogP contribution in [0.25, 0.3) is 0 Å². The number of hydrogen-bond acceptors (Lipinski definition) is 3. The van der Waals surface area contributed by atoms with Gasteiger partial charge in [0.25, 0.3) is 0 Å². The number of carbonyl (C=O) groups is 1. The van der Waals surface area contributed by atoms with Crippen molar-refractivity contribution in [3.63, 3.8) is 0 Å². The Kier molecular flexibility index (Phi) is 5.20. The van der Waals surface area contributed by atoms with E-state index in [1.807, 2.05) is 13.8 Å². The molecule has 0 spiro atoms. The zero-order valence-electron chi connectivity index (χ0n) is 13.1. The van der Waals surface area contributed by atoms with E-state index >= 15 is 0 Å². The van der Waals surface area contributed by atoms with Gasteiger partial charge >= 0.3 is 5.69 Å². The van der Waals surface area contributed by atoms with Crippen molar-refractivity contribution in [2.75, 3.05) is 0 Å². The van der Waals surface area contributed by atoms with Crippen molar-refractivity contribution in [1.29, 1.82) is 0 Å². The first kappa shape index (κ1) is 17.2. The van der Waals surface area contributed by atoms with Gasteiger partial charge in [-0.3, -0.25) is 9.36 Å². The number of amides is 1. The van der Waals surface area contributed by atoms with Gasteiger partial charge in [-0.05, 0) is 38.5 Å². The number of carbonyl (C=O) groups excluding carboxylic acids is 1. The molecule has 2 aromatic rings. The SMILES string of the molecule is Cc1nn(C(C)C)c(=O)n1CC(=O)NCc1ccc(Cl)c(F)c1. The van der Waals surface area contributed by atoms with Gasteiger partial charge in [0.15, 0.2) is 0 Å². The number of benzene rings is 1. The number of aromatic nitrogens is 3. The molecule has 0 bridgehead atoms. The number of halogens is 2. The molecule has 0 aliphatic carbocycles. The van der Waals surface area contributed by atoms with Crippen LogP contribution in [-0.2, 0) is 17.9 Å². The van der Waals surface area contributed by atoms with Crippen LogP contribution in [0.4, 0.5) is 4.39 Å². The molecule has 0 fully saturated rings. The molecule has 124 valence electrons. The van der Waals surface area contributed by atoms with Crippen LogP contribution >= 0.6 is 11.6 Å². The van der Waals surface area contributed by atoms with Gasteiger partial charge in [-0.15, -0.1) is 0 Å². The number of nitrogens with zero attached hydrogens (tertiary/aromatic N) is 3. The van der Waals surface area contributed by atoms with Crippen molar-refractivity contribution < 1.29 is 9.18 Å². The molecule has 0 atom stereocenters. The maximum atomic E-state index is 13.3. The van der Waals surface area contributed by atoms with Gasteiger partial charge in [0.2, 0.25) is 5.91 Å². The third-order valence-electron chi connectivity index (χ3n) is 3.33. The molecule has 8 heteroatoms. The van der Waals surface area contributed by atoms with Gasteiger partial charge in [0.1, 0.15) is 18.2 Å². The van der Waals surface area contributed by atoms with Gasteiger partial charge in [0, 0.05) is 6.54 Å². The summed E-state index contributed by atoms with van der Waals surface area (Å²) in [7, 11) is 0. The van der Waals surface area contributed by atoms with E-state index in [2.05, 4.69) is 10.4 Å². The van der Waals surface area contributed by atoms with Gasteiger partial charge in [-0.2, -0.15) is 5.10 Å². The zero-order chi connectivity index (χ0) is 17.1. The normalized spacial score (nSPS) is 11.0. The van der Waals surface area contributed by atoms with Crippen LogP contribution < -0.4 is 11.0 Å². The Morgan fingerprint density at radius 2 is 2.13 bits per heavy atom. The first-order valence-corrected chi connectivity index (χ1v) is 7.54. The van der Waals surface area contributed by atoms with Crippen LogP contribution in [0.2, 0.25) is 5.02 Å². The molecule has 0 unspecified atom stereocenters. The van der Waals surface area contributed by atoms with Crippen LogP contribution in [0.1, 0.15) is 31.3 Å². The Hall–Kier alpha value is -2.15. The van der Waals surface area contributed by atoms with Crippen LogP contribution in [0, 0.1) is 12.7 Å². The maximum Gasteiger partial charge on any atom is 0.346 e. The number of aryl methyl sites for hydroxylation is 1. The topological polar surface area (TPSA) is 68.9 Å². The molecule has 1 amide bonds. The predicted octanol–water partition coefficient (Wildman–Crippen LogP) is 2.04. The second kappa shape index (κ2) is 6.95. The molecule has 0 saturated carbocycles. The molecule has 2 rings (SSSR count). The maximum absolute atomic E-state index is 13.3. The molecule has 0 radical (unpaired) electrons. The third-order valence-corrected chi connectivity index (χ3v) is 3.64. The van der Waals surface area contributed by atoms with E-state index < -0.39 is 5.82 Å². The lowest BCUT2D eigenvalue weighted by Crippen LogP contribution is -2.33. The third kappa shape index (κ3) is 3.98. The predicted molar refractivity (Wildman–Crippen MR) is 84.9 cm³/mol. The van der Waals surface area contributed by atoms with E-state index in [1.165, 1.54) is 21.4 Å². The standard InChI is InChI=1S/C15H18ClFN4O2/c1-9(2)21-15(23)20(10(3)19-21)8-14(22)18-7-11-4-5-12(16)13(17)6-11/h4-6,9H,7-8H2,1-3H3,(H,18,22). The largest absolute Gasteiger partial charge is 0.350 e. The van der Waals surface area contributed by atoms with Crippen LogP contribution in [0.5, 0.6) is 0 Å². The molecular weight excluding hydrogens is 323 g/mol. The molecule has 0 aliphatic heterocycles. The minimum absolute atomic E-state index is 0.0309. The van der Waals surface area contributed by atoms with E-state index in [-0.39, 0.29) is 35.8 Å². The molecule has 1 N–H and O–H groups in total. The number of hydrogen-bond donors (Lipinski definition) is 1. The summed E-state index contributed by atoms with van der Waals surface area (Å²) in [6, 6.07) is 4.23. The van der Waals surface area contributed by atoms with Crippen LogP contribution in [0.15, 0.2) is 23.0 Å². The summed E-state index contributed by atoms with van der Waals surface area (Å²) in [6.45, 7) is 5.37. The van der Waals surface area contributed by atoms with Crippen molar-refractivity contribution >= 4 is 17.5 Å². The van der Waals surface area contributed by atoms with Crippen LogP contribution in [-0.4, -0.2) is 20.3 Å². The van der Waals surface area contributed by atoms with Gasteiger partial charge in [0.05, 0.1) is 11.1 Å². The summed E-state index contributed by atoms with van der Waals surface area (Å²) >= 11 is 5.60. The molecule has 23 heavy (non-hydrogen) atoms. The van der Waals surface area contributed by atoms with E-state index in [1.54, 1.807) is 13.0 Å². The molecule has 0 aliphatic rings. The fraction of sp³-hybridized carbons (Fsp3) is 0.400. The fourth-order valence-corrected chi connectivity index (χ4v) is 2.20. The Labute approximate surface area is 137 Å². The summed E-state index contributed by atoms with van der Waals surface area (Å²) in [6.07, 6.45) is 0. The monoisotopic (exact) mass is 340 g/mol. The van der Waals surface area contributed by atoms with Gasteiger partial charge in [-0.25, -0.2) is 13.9 Å². The zero-order valence-corrected chi connectivity index (χ0v) is 13.9. The Morgan fingerprint density at radius 3 is 2.70 bits per heavy atom. The minimum atomic E-state index is -0.538. The van der Waals surface area contributed by atoms with Gasteiger partial charge < -0.3 is 5.32 Å². The molecular formula is C15H18ClFN4O2. The first-order valence-electron chi connectivity index (χ1n) is 7.16. The van der Waals surface area contributed by atoms with Crippen molar-refractivity contribution in [2.45, 2.75) is 39.9 Å². The fourth-order valence-electron chi connectivity index (χ4n) is 2.08. The summed E-state index contributed by atoms with van der Waals surface area (Å²) in [5.41, 5.74) is 0.257. The van der Waals surface area contributed by atoms with Crippen molar-refractivity contribution in [2.24, 2.45) is 0 Å². The van der Waals surface area contributed by atoms with E-state index in [0.29, 0.717) is 11.4 Å². The summed E-state index contributed by atoms with van der Waals surface area (Å²) in [5, 5.41) is 6.80. The highest BCUT2D eigenvalue weighted by Gasteiger charge is 2.14. The minimum Gasteiger partial charge on any atom is -0.350 e. The molecule has 1 aromatic heterocycles. The quantitative estimate of drug-likeness (QED) is 0.905. The highest BCUT2D eigenvalue weighted by atomic mass is 35.5. The Balaban J connectivity index is 2.03. The lowest BCUT2D eigenvalue weighted by molar-refractivity contribution is -0.121. The van der Waals surface area contributed by atoms with Crippen LogP contribution in [0.3, 0.4) is 0 Å². The average Bonchev–Trinajstić information content (AvgIpc) is 2.77. The molecule has 6 nitrogen and oxygen atoms in total. The lowest BCUT2D eigenvalue weighted by atomic mass is 10.2. The molecule has 0 saturated heterocycles. The first-order chi connectivity index (χ1) is 10.8. The smallest absolute Gasteiger partial charge is 0.346 e. The Bertz CT molecular complexity index is 782. The van der Waals surface area contributed by atoms with E-state index in [9.17, 15) is 14.0 Å². The summed E-state index contributed by atoms with van der Waals surface area (Å²) in [4.78, 5) is 24.1. The summed E-state index contributed by atoms with van der Waals surface area (Å²) in [5.74, 6) is -0.422. The molecule has 1 heterocycles. The van der Waals surface area contributed by atoms with E-state index in [4.69, 9.17) is 11.6 Å². The second-order valence-electron chi connectivity index (χ2n) is 5.48. The Morgan fingerprint density at radius 1 is 1.43 bits per heavy atom. The summed E-state index contributed by atoms with van der Waals surface area (Å²) < 4.78 is 16.0. The van der Waals surface area contributed by atoms with Crippen molar-refractivity contribution in [3.8, 4) is 0 Å². The van der Waals surface area contributed by atoms with Crippen molar-refractivity contribution in [1.82, 2.24) is 19.7 Å². The number of nitrogens with one attached hydrogen (secondary N) is 1. The van der Waals surface area contributed by atoms with Crippen molar-refractivity contribution in [3.05, 3.63) is 50.9 Å². The molecule has 1 aromatic carbocycles. The van der Waals surface area contributed by atoms with Gasteiger partial charge in [-0.1, -0.05) is 17.7 Å². The highest BCUT2D eigenvalue weighted by Crippen LogP contribution is 2.15. The van der Waals surface area contributed by atoms with E-state index in [0.717, 1.165) is 0 Å².